The van der Waals surface area contributed by atoms with E-state index in [1.54, 1.807) is 6.08 Å². The van der Waals surface area contributed by atoms with Crippen LogP contribution in [-0.2, 0) is 9.59 Å². The average Bonchev–Trinajstić information content (AvgIpc) is 3.12. The summed E-state index contributed by atoms with van der Waals surface area (Å²) in [5.41, 5.74) is 3.34. The van der Waals surface area contributed by atoms with Crippen molar-refractivity contribution in [1.29, 1.82) is 0 Å². The van der Waals surface area contributed by atoms with Gasteiger partial charge < -0.3 is 5.32 Å². The number of rotatable bonds is 6. The molecule has 2 heterocycles. The summed E-state index contributed by atoms with van der Waals surface area (Å²) >= 11 is 1.38. The summed E-state index contributed by atoms with van der Waals surface area (Å²) in [4.78, 5) is 39.4. The molecule has 0 spiro atoms. The van der Waals surface area contributed by atoms with E-state index < -0.39 is 11.3 Å². The van der Waals surface area contributed by atoms with Crippen LogP contribution in [0.3, 0.4) is 0 Å². The van der Waals surface area contributed by atoms with E-state index in [4.69, 9.17) is 0 Å². The number of hydrogen-bond acceptors (Lipinski definition) is 4. The van der Waals surface area contributed by atoms with Crippen LogP contribution >= 0.6 is 11.8 Å². The fourth-order valence-electron chi connectivity index (χ4n) is 3.14. The fraction of sp³-hybridized carbons (Fsp3) is 0.400. The van der Waals surface area contributed by atoms with Gasteiger partial charge in [-0.25, -0.2) is 4.79 Å². The van der Waals surface area contributed by atoms with Crippen molar-refractivity contribution in [1.82, 2.24) is 4.90 Å². The van der Waals surface area contributed by atoms with Gasteiger partial charge in [0.05, 0.1) is 6.54 Å². The van der Waals surface area contributed by atoms with Gasteiger partial charge in [-0.2, -0.15) is 14.3 Å². The second kappa shape index (κ2) is 8.08. The highest BCUT2D eigenvalue weighted by molar-refractivity contribution is 8.04. The van der Waals surface area contributed by atoms with Crippen LogP contribution in [0.1, 0.15) is 30.9 Å². The van der Waals surface area contributed by atoms with Crippen molar-refractivity contribution in [3.8, 4) is 0 Å². The second-order valence-electron chi connectivity index (χ2n) is 6.82. The molecule has 0 aromatic heterocycles. The summed E-state index contributed by atoms with van der Waals surface area (Å²) in [6.45, 7) is 6.17. The third kappa shape index (κ3) is 3.98. The van der Waals surface area contributed by atoms with Crippen molar-refractivity contribution in [3.63, 3.8) is 0 Å². The Labute approximate surface area is 163 Å². The normalized spacial score (nSPS) is 18.9. The first kappa shape index (κ1) is 19.4. The van der Waals surface area contributed by atoms with E-state index in [1.807, 2.05) is 44.4 Å². The lowest BCUT2D eigenvalue weighted by atomic mass is 10.1. The van der Waals surface area contributed by atoms with Crippen molar-refractivity contribution in [3.05, 3.63) is 40.8 Å². The number of allylic oxidation sites excluding steroid dienone is 1. The van der Waals surface area contributed by atoms with Crippen LogP contribution < -0.4 is 5.32 Å². The number of unbranched alkanes of at least 4 members (excludes halogenated alkanes) is 1. The van der Waals surface area contributed by atoms with Crippen molar-refractivity contribution < 1.29 is 19.0 Å². The predicted molar refractivity (Wildman–Crippen MR) is 107 cm³/mol. The monoisotopic (exact) mass is 386 g/mol. The topological polar surface area (TPSA) is 69.5 Å². The Morgan fingerprint density at radius 2 is 2.07 bits per heavy atom. The molecule has 0 aliphatic carbocycles. The van der Waals surface area contributed by atoms with Crippen molar-refractivity contribution in [2.24, 2.45) is 0 Å². The zero-order valence-electron chi connectivity index (χ0n) is 15.8. The van der Waals surface area contributed by atoms with Crippen LogP contribution in [0.2, 0.25) is 0 Å². The Bertz CT molecular complexity index is 860. The second-order valence-corrected chi connectivity index (χ2v) is 7.84. The largest absolute Gasteiger partial charge is 0.501 e. The van der Waals surface area contributed by atoms with E-state index in [0.717, 1.165) is 29.7 Å². The number of carbonyl (C=O) groups is 3. The number of carbonyl (C=O) groups excluding carboxylic acids is 3. The van der Waals surface area contributed by atoms with E-state index in [0.29, 0.717) is 12.3 Å². The molecule has 1 aromatic carbocycles. The number of benzene rings is 1. The Morgan fingerprint density at radius 3 is 2.81 bits per heavy atom. The summed E-state index contributed by atoms with van der Waals surface area (Å²) in [5, 5.41) is 4.26. The van der Waals surface area contributed by atoms with Crippen molar-refractivity contribution >= 4 is 41.0 Å². The van der Waals surface area contributed by atoms with Gasteiger partial charge in [0.1, 0.15) is 5.71 Å². The van der Waals surface area contributed by atoms with Gasteiger partial charge in [0.15, 0.2) is 11.8 Å². The maximum absolute atomic E-state index is 12.9. The summed E-state index contributed by atoms with van der Waals surface area (Å²) in [5.74, 6) is -0.469. The minimum absolute atomic E-state index is 0.112. The fourth-order valence-corrected chi connectivity index (χ4v) is 4.10. The lowest BCUT2D eigenvalue weighted by molar-refractivity contribution is -0.425. The smallest absolute Gasteiger partial charge is 0.322 e. The van der Waals surface area contributed by atoms with Crippen LogP contribution in [0.5, 0.6) is 0 Å². The molecule has 1 N–H and O–H groups in total. The Kier molecular flexibility index (Phi) is 5.79. The van der Waals surface area contributed by atoms with E-state index >= 15 is 0 Å². The maximum atomic E-state index is 12.9. The Hall–Kier alpha value is -2.41. The molecule has 6 nitrogen and oxygen atoms in total. The molecule has 1 atom stereocenters. The molecule has 142 valence electrons. The zero-order valence-corrected chi connectivity index (χ0v) is 16.6. The van der Waals surface area contributed by atoms with Gasteiger partial charge in [0.2, 0.25) is 0 Å². The number of nitrogens with zero attached hydrogens (tertiary/aromatic N) is 2. The Balaban J connectivity index is 1.82. The molecular formula is C20H24N3O3S+. The van der Waals surface area contributed by atoms with Gasteiger partial charge in [0, 0.05) is 5.69 Å². The SMILES string of the molecule is CCCCN1C(=O)C2SC=CC2=[N+](CC(=O)Nc2cc(C)ccc2C)C1=O. The highest BCUT2D eigenvalue weighted by atomic mass is 32.2. The van der Waals surface area contributed by atoms with E-state index in [9.17, 15) is 14.4 Å². The first-order chi connectivity index (χ1) is 12.9. The van der Waals surface area contributed by atoms with Gasteiger partial charge in [-0.1, -0.05) is 25.5 Å². The molecule has 3 rings (SSSR count). The van der Waals surface area contributed by atoms with Gasteiger partial charge in [-0.3, -0.25) is 4.79 Å². The maximum Gasteiger partial charge on any atom is 0.501 e. The third-order valence-corrected chi connectivity index (χ3v) is 5.70. The van der Waals surface area contributed by atoms with Gasteiger partial charge >= 0.3 is 11.9 Å². The highest BCUT2D eigenvalue weighted by Gasteiger charge is 2.49. The lowest BCUT2D eigenvalue weighted by Gasteiger charge is -2.24. The lowest BCUT2D eigenvalue weighted by Crippen LogP contribution is -2.56. The predicted octanol–water partition coefficient (Wildman–Crippen LogP) is 3.09. The number of anilines is 1. The minimum Gasteiger partial charge on any atom is -0.322 e. The number of aryl methyl sites for hydroxylation is 2. The van der Waals surface area contributed by atoms with Crippen LogP contribution in [0.25, 0.3) is 0 Å². The first-order valence-electron chi connectivity index (χ1n) is 9.11. The molecule has 0 saturated heterocycles. The summed E-state index contributed by atoms with van der Waals surface area (Å²) in [6, 6.07) is 5.42. The molecule has 2 aliphatic heterocycles. The number of hydrogen-bond donors (Lipinski definition) is 1. The highest BCUT2D eigenvalue weighted by Crippen LogP contribution is 2.28. The molecule has 0 saturated carbocycles. The number of thioether (sulfide) groups is 1. The Morgan fingerprint density at radius 1 is 1.30 bits per heavy atom. The number of nitrogens with one attached hydrogen (secondary N) is 1. The third-order valence-electron chi connectivity index (χ3n) is 4.69. The van der Waals surface area contributed by atoms with Crippen LogP contribution in [-0.4, -0.2) is 51.4 Å². The first-order valence-corrected chi connectivity index (χ1v) is 10.1. The molecule has 7 heteroatoms. The molecule has 0 bridgehead atoms. The molecule has 0 fully saturated rings. The summed E-state index contributed by atoms with van der Waals surface area (Å²) < 4.78 is 1.43. The van der Waals surface area contributed by atoms with Crippen LogP contribution in [0.15, 0.2) is 29.7 Å². The average molecular weight is 386 g/mol. The quantitative estimate of drug-likeness (QED) is 0.763. The standard InChI is InChI=1S/C20H23N3O3S/c1-4-5-9-22-19(25)18-16(8-10-27-18)23(20(22)26)12-17(24)21-15-11-13(2)6-7-14(15)3/h6-8,10-11,18H,4-5,9,12H2,1-3H3/p+1. The molecule has 0 radical (unpaired) electrons. The molecule has 27 heavy (non-hydrogen) atoms. The van der Waals surface area contributed by atoms with Gasteiger partial charge in [-0.05, 0) is 48.9 Å². The van der Waals surface area contributed by atoms with Gasteiger partial charge in [-0.15, -0.1) is 11.8 Å². The minimum atomic E-state index is -0.437. The number of amides is 4. The molecule has 4 amide bonds. The van der Waals surface area contributed by atoms with E-state index in [-0.39, 0.29) is 18.4 Å². The summed E-state index contributed by atoms with van der Waals surface area (Å²) in [6.07, 6.45) is 3.39. The zero-order chi connectivity index (χ0) is 19.6. The number of imide groups is 1. The van der Waals surface area contributed by atoms with E-state index in [1.165, 1.54) is 21.2 Å². The molecule has 1 aromatic rings. The number of urea groups is 1. The van der Waals surface area contributed by atoms with Crippen LogP contribution in [0, 0.1) is 13.8 Å². The molecule has 2 aliphatic rings. The van der Waals surface area contributed by atoms with E-state index in [2.05, 4.69) is 5.32 Å². The number of fused-ring (bicyclic) bond motifs is 1. The van der Waals surface area contributed by atoms with Crippen molar-refractivity contribution in [2.75, 3.05) is 18.4 Å². The van der Waals surface area contributed by atoms with Gasteiger partial charge in [0.25, 0.3) is 5.91 Å². The summed E-state index contributed by atoms with van der Waals surface area (Å²) in [7, 11) is 0. The van der Waals surface area contributed by atoms with Crippen molar-refractivity contribution in [2.45, 2.75) is 38.9 Å². The molecule has 1 unspecified atom stereocenters. The van der Waals surface area contributed by atoms with Crippen LogP contribution in [0.4, 0.5) is 10.5 Å². The molecular weight excluding hydrogens is 362 g/mol.